The summed E-state index contributed by atoms with van der Waals surface area (Å²) in [6.07, 6.45) is 0. The van der Waals surface area contributed by atoms with Crippen LogP contribution in [0.5, 0.6) is 5.75 Å². The van der Waals surface area contributed by atoms with Crippen molar-refractivity contribution in [3.63, 3.8) is 0 Å². The third-order valence-corrected chi connectivity index (χ3v) is 6.02. The number of methoxy groups -OCH3 is 1. The van der Waals surface area contributed by atoms with Gasteiger partial charge in [-0.2, -0.15) is 0 Å². The summed E-state index contributed by atoms with van der Waals surface area (Å²) in [4.78, 5) is 19.8. The Morgan fingerprint density at radius 2 is 1.55 bits per heavy atom. The normalized spacial score (nSPS) is 17.3. The van der Waals surface area contributed by atoms with E-state index in [1.54, 1.807) is 7.11 Å². The topological polar surface area (TPSA) is 36.0 Å². The highest BCUT2D eigenvalue weighted by molar-refractivity contribution is 6.24. The number of amides is 1. The van der Waals surface area contributed by atoms with Gasteiger partial charge in [0.1, 0.15) is 5.75 Å². The van der Waals surface area contributed by atoms with E-state index in [-0.39, 0.29) is 5.91 Å². The monoisotopic (exact) mass is 387 g/mol. The Hall–Kier alpha value is -2.89. The van der Waals surface area contributed by atoms with Crippen molar-refractivity contribution >= 4 is 22.4 Å². The fourth-order valence-corrected chi connectivity index (χ4v) is 4.40. The highest BCUT2D eigenvalue weighted by atomic mass is 16.5. The van der Waals surface area contributed by atoms with Gasteiger partial charge < -0.3 is 4.74 Å². The van der Waals surface area contributed by atoms with Crippen molar-refractivity contribution in [2.24, 2.45) is 0 Å². The van der Waals surface area contributed by atoms with E-state index >= 15 is 0 Å². The van der Waals surface area contributed by atoms with Crippen LogP contribution in [0.1, 0.15) is 15.9 Å². The molecule has 148 valence electrons. The number of rotatable bonds is 5. The molecule has 3 aromatic rings. The first-order chi connectivity index (χ1) is 14.2. The van der Waals surface area contributed by atoms with Gasteiger partial charge in [-0.05, 0) is 35.2 Å². The summed E-state index contributed by atoms with van der Waals surface area (Å²) < 4.78 is 5.24. The van der Waals surface area contributed by atoms with E-state index < -0.39 is 0 Å². The Morgan fingerprint density at radius 3 is 2.28 bits per heavy atom. The molecular weight excluding hydrogens is 362 g/mol. The van der Waals surface area contributed by atoms with Crippen molar-refractivity contribution in [3.8, 4) is 5.75 Å². The number of piperazine rings is 1. The molecule has 5 heteroatoms. The Labute approximate surface area is 171 Å². The molecule has 29 heavy (non-hydrogen) atoms. The molecule has 0 aliphatic carbocycles. The van der Waals surface area contributed by atoms with Crippen molar-refractivity contribution in [2.75, 3.05) is 44.9 Å². The Balaban J connectivity index is 1.22. The molecule has 1 amide bonds. The van der Waals surface area contributed by atoms with Gasteiger partial charge in [-0.3, -0.25) is 19.5 Å². The first kappa shape index (κ1) is 18.2. The quantitative estimate of drug-likeness (QED) is 0.670. The van der Waals surface area contributed by atoms with Gasteiger partial charge in [0.15, 0.2) is 0 Å². The van der Waals surface area contributed by atoms with E-state index in [0.29, 0.717) is 6.67 Å². The molecule has 0 saturated carbocycles. The predicted octanol–water partition coefficient (Wildman–Crippen LogP) is 3.58. The summed E-state index contributed by atoms with van der Waals surface area (Å²) >= 11 is 0. The van der Waals surface area contributed by atoms with Crippen LogP contribution in [0.2, 0.25) is 0 Å². The lowest BCUT2D eigenvalue weighted by atomic mass is 10.1. The minimum Gasteiger partial charge on any atom is -0.497 e. The summed E-state index contributed by atoms with van der Waals surface area (Å²) in [6.45, 7) is 5.54. The molecule has 2 aliphatic rings. The standard InChI is InChI=1S/C24H25N3O2/c1-29-20-10-8-18(9-11-20)16-25-12-14-26(15-13-25)17-27-22-7-3-5-19-4-2-6-21(23(19)22)24(27)28/h2-11H,12-17H2,1H3. The molecule has 5 nitrogen and oxygen atoms in total. The molecule has 1 saturated heterocycles. The molecule has 3 aromatic carbocycles. The Bertz CT molecular complexity index is 1030. The molecule has 0 atom stereocenters. The summed E-state index contributed by atoms with van der Waals surface area (Å²) in [6, 6.07) is 20.5. The molecule has 5 rings (SSSR count). The molecule has 0 unspecified atom stereocenters. The second-order valence-corrected chi connectivity index (χ2v) is 7.80. The fourth-order valence-electron chi connectivity index (χ4n) is 4.40. The van der Waals surface area contributed by atoms with E-state index in [4.69, 9.17) is 4.74 Å². The van der Waals surface area contributed by atoms with E-state index in [9.17, 15) is 4.79 Å². The Morgan fingerprint density at radius 1 is 0.862 bits per heavy atom. The van der Waals surface area contributed by atoms with Crippen LogP contribution in [0.25, 0.3) is 10.8 Å². The van der Waals surface area contributed by atoms with Crippen LogP contribution < -0.4 is 9.64 Å². The molecular formula is C24H25N3O2. The van der Waals surface area contributed by atoms with E-state index in [2.05, 4.69) is 40.1 Å². The van der Waals surface area contributed by atoms with Crippen LogP contribution in [0.3, 0.4) is 0 Å². The highest BCUT2D eigenvalue weighted by Gasteiger charge is 2.31. The minimum absolute atomic E-state index is 0.123. The smallest absolute Gasteiger partial charge is 0.260 e. The second-order valence-electron chi connectivity index (χ2n) is 7.80. The third kappa shape index (κ3) is 3.37. The highest BCUT2D eigenvalue weighted by Crippen LogP contribution is 2.37. The maximum absolute atomic E-state index is 13.0. The number of hydrogen-bond donors (Lipinski definition) is 0. The minimum atomic E-state index is 0.123. The van der Waals surface area contributed by atoms with E-state index in [1.165, 1.54) is 5.56 Å². The second kappa shape index (κ2) is 7.50. The maximum atomic E-state index is 13.0. The number of hydrogen-bond acceptors (Lipinski definition) is 4. The van der Waals surface area contributed by atoms with Gasteiger partial charge in [-0.15, -0.1) is 0 Å². The van der Waals surface area contributed by atoms with Crippen LogP contribution in [0.15, 0.2) is 60.7 Å². The summed E-state index contributed by atoms with van der Waals surface area (Å²) in [7, 11) is 1.69. The van der Waals surface area contributed by atoms with Gasteiger partial charge in [-0.1, -0.05) is 36.4 Å². The number of carbonyl (C=O) groups is 1. The van der Waals surface area contributed by atoms with Crippen LogP contribution >= 0.6 is 0 Å². The van der Waals surface area contributed by atoms with Crippen LogP contribution in [0, 0.1) is 0 Å². The lowest BCUT2D eigenvalue weighted by Gasteiger charge is -2.36. The largest absolute Gasteiger partial charge is 0.497 e. The van der Waals surface area contributed by atoms with Crippen LogP contribution in [-0.4, -0.2) is 55.7 Å². The fraction of sp³-hybridized carbons (Fsp3) is 0.292. The molecule has 0 spiro atoms. The first-order valence-corrected chi connectivity index (χ1v) is 10.1. The zero-order valence-corrected chi connectivity index (χ0v) is 16.7. The number of anilines is 1. The summed E-state index contributed by atoms with van der Waals surface area (Å²) in [5.74, 6) is 1.02. The SMILES string of the molecule is COc1ccc(CN2CCN(CN3C(=O)c4cccc5cccc3c45)CC2)cc1. The zero-order valence-electron chi connectivity index (χ0n) is 16.7. The van der Waals surface area contributed by atoms with Crippen molar-refractivity contribution in [2.45, 2.75) is 6.54 Å². The van der Waals surface area contributed by atoms with Crippen molar-refractivity contribution < 1.29 is 9.53 Å². The lowest BCUT2D eigenvalue weighted by Crippen LogP contribution is -2.50. The maximum Gasteiger partial charge on any atom is 0.260 e. The van der Waals surface area contributed by atoms with Gasteiger partial charge >= 0.3 is 0 Å². The number of nitrogens with zero attached hydrogens (tertiary/aromatic N) is 3. The summed E-state index contributed by atoms with van der Waals surface area (Å²) in [5.41, 5.74) is 3.18. The molecule has 0 radical (unpaired) electrons. The number of carbonyl (C=O) groups excluding carboxylic acids is 1. The molecule has 1 fully saturated rings. The predicted molar refractivity (Wildman–Crippen MR) is 115 cm³/mol. The average Bonchev–Trinajstić information content (AvgIpc) is 3.04. The molecule has 0 bridgehead atoms. The Kier molecular flexibility index (Phi) is 4.70. The van der Waals surface area contributed by atoms with Gasteiger partial charge in [0, 0.05) is 43.7 Å². The van der Waals surface area contributed by atoms with Crippen LogP contribution in [0.4, 0.5) is 5.69 Å². The molecule has 0 N–H and O–H groups in total. The van der Waals surface area contributed by atoms with Gasteiger partial charge in [0.2, 0.25) is 0 Å². The van der Waals surface area contributed by atoms with Gasteiger partial charge in [-0.25, -0.2) is 0 Å². The molecule has 2 heterocycles. The average molecular weight is 387 g/mol. The lowest BCUT2D eigenvalue weighted by molar-refractivity contribution is 0.0934. The number of benzene rings is 3. The van der Waals surface area contributed by atoms with Gasteiger partial charge in [0.25, 0.3) is 5.91 Å². The number of ether oxygens (including phenoxy) is 1. The molecule has 2 aliphatic heterocycles. The summed E-state index contributed by atoms with van der Waals surface area (Å²) in [5, 5.41) is 2.23. The van der Waals surface area contributed by atoms with Crippen molar-refractivity contribution in [3.05, 3.63) is 71.8 Å². The van der Waals surface area contributed by atoms with Crippen LogP contribution in [-0.2, 0) is 6.54 Å². The van der Waals surface area contributed by atoms with Gasteiger partial charge in [0.05, 0.1) is 19.5 Å². The first-order valence-electron chi connectivity index (χ1n) is 10.1. The van der Waals surface area contributed by atoms with Crippen molar-refractivity contribution in [1.29, 1.82) is 0 Å². The third-order valence-electron chi connectivity index (χ3n) is 6.02. The zero-order chi connectivity index (χ0) is 19.8. The molecule has 0 aromatic heterocycles. The van der Waals surface area contributed by atoms with Crippen molar-refractivity contribution in [1.82, 2.24) is 9.80 Å². The van der Waals surface area contributed by atoms with E-state index in [0.717, 1.165) is 60.5 Å². The van der Waals surface area contributed by atoms with E-state index in [1.807, 2.05) is 35.2 Å².